The Kier molecular flexibility index (Phi) is 5.82. The van der Waals surface area contributed by atoms with Crippen molar-refractivity contribution in [1.29, 1.82) is 0 Å². The first-order valence-electron chi connectivity index (χ1n) is 11.7. The van der Waals surface area contributed by atoms with Crippen LogP contribution in [0.1, 0.15) is 37.8 Å². The van der Waals surface area contributed by atoms with Crippen molar-refractivity contribution in [3.05, 3.63) is 53.6 Å². The number of nitrogens with zero attached hydrogens (tertiary/aromatic N) is 2. The van der Waals surface area contributed by atoms with Gasteiger partial charge in [-0.05, 0) is 55.5 Å². The zero-order valence-electron chi connectivity index (χ0n) is 19.8. The highest BCUT2D eigenvalue weighted by molar-refractivity contribution is 7.89. The molecule has 0 aromatic heterocycles. The molecule has 2 aromatic rings. The number of aryl methyl sites for hydroxylation is 1. The highest BCUT2D eigenvalue weighted by atomic mass is 32.2. The summed E-state index contributed by atoms with van der Waals surface area (Å²) in [7, 11) is -3.58. The van der Waals surface area contributed by atoms with Gasteiger partial charge in [-0.15, -0.1) is 0 Å². The van der Waals surface area contributed by atoms with Crippen molar-refractivity contribution in [3.8, 4) is 11.5 Å². The van der Waals surface area contributed by atoms with Gasteiger partial charge >= 0.3 is 0 Å². The monoisotopic (exact) mass is 485 g/mol. The van der Waals surface area contributed by atoms with Crippen LogP contribution < -0.4 is 14.8 Å². The molecular formula is C25H31N3O5S. The summed E-state index contributed by atoms with van der Waals surface area (Å²) < 4.78 is 38.9. The second-order valence-corrected chi connectivity index (χ2v) is 11.7. The molecule has 3 aliphatic rings. The molecule has 8 nitrogen and oxygen atoms in total. The lowest BCUT2D eigenvalue weighted by Crippen LogP contribution is -2.59. The fraction of sp³-hybridized carbons (Fsp3) is 0.480. The Balaban J connectivity index is 1.38. The summed E-state index contributed by atoms with van der Waals surface area (Å²) >= 11 is 0. The van der Waals surface area contributed by atoms with Gasteiger partial charge in [0.15, 0.2) is 11.5 Å². The van der Waals surface area contributed by atoms with Crippen LogP contribution in [0.3, 0.4) is 0 Å². The van der Waals surface area contributed by atoms with Gasteiger partial charge in [0.2, 0.25) is 22.7 Å². The predicted molar refractivity (Wildman–Crippen MR) is 127 cm³/mol. The van der Waals surface area contributed by atoms with Crippen molar-refractivity contribution >= 4 is 15.9 Å². The molecule has 5 rings (SSSR count). The van der Waals surface area contributed by atoms with Gasteiger partial charge in [-0.3, -0.25) is 10.1 Å². The summed E-state index contributed by atoms with van der Waals surface area (Å²) in [6.07, 6.45) is 1.05. The van der Waals surface area contributed by atoms with Crippen molar-refractivity contribution in [2.24, 2.45) is 5.92 Å². The van der Waals surface area contributed by atoms with Crippen LogP contribution in [-0.4, -0.2) is 55.1 Å². The number of rotatable bonds is 5. The van der Waals surface area contributed by atoms with E-state index in [2.05, 4.69) is 5.32 Å². The average molecular weight is 486 g/mol. The van der Waals surface area contributed by atoms with Gasteiger partial charge in [0.25, 0.3) is 0 Å². The lowest BCUT2D eigenvalue weighted by atomic mass is 9.96. The van der Waals surface area contributed by atoms with E-state index in [4.69, 9.17) is 9.47 Å². The summed E-state index contributed by atoms with van der Waals surface area (Å²) in [5.74, 6) is 1.58. The van der Waals surface area contributed by atoms with E-state index in [1.807, 2.05) is 56.0 Å². The Bertz CT molecular complexity index is 1190. The number of carbonyl (C=O) groups is 1. The number of ether oxygens (including phenoxy) is 2. The number of fused-ring (bicyclic) bond motifs is 1. The van der Waals surface area contributed by atoms with Gasteiger partial charge in [-0.1, -0.05) is 37.6 Å². The minimum atomic E-state index is -3.58. The second-order valence-electron chi connectivity index (χ2n) is 9.73. The molecule has 2 saturated heterocycles. The molecule has 3 heterocycles. The number of hydrogen-bond donors (Lipinski definition) is 1. The molecule has 3 aliphatic heterocycles. The molecule has 34 heavy (non-hydrogen) atoms. The van der Waals surface area contributed by atoms with Crippen molar-refractivity contribution < 1.29 is 22.7 Å². The largest absolute Gasteiger partial charge is 0.454 e. The fourth-order valence-electron chi connectivity index (χ4n) is 5.08. The Morgan fingerprint density at radius 1 is 1.06 bits per heavy atom. The first kappa shape index (κ1) is 23.1. The minimum absolute atomic E-state index is 0.0579. The topological polar surface area (TPSA) is 88.2 Å². The maximum absolute atomic E-state index is 13.5. The van der Waals surface area contributed by atoms with E-state index in [9.17, 15) is 13.2 Å². The second kappa shape index (κ2) is 8.55. The number of carbonyl (C=O) groups excluding carboxylic acids is 1. The smallest absolute Gasteiger partial charge is 0.243 e. The molecule has 1 N–H and O–H groups in total. The van der Waals surface area contributed by atoms with E-state index in [0.717, 1.165) is 11.1 Å². The van der Waals surface area contributed by atoms with Gasteiger partial charge < -0.3 is 14.4 Å². The quantitative estimate of drug-likeness (QED) is 0.701. The number of sulfonamides is 1. The fourth-order valence-corrected chi connectivity index (χ4v) is 6.52. The predicted octanol–water partition coefficient (Wildman–Crippen LogP) is 2.86. The summed E-state index contributed by atoms with van der Waals surface area (Å²) in [6, 6.07) is 12.4. The number of nitrogens with one attached hydrogen (secondary N) is 1. The average Bonchev–Trinajstić information content (AvgIpc) is 3.38. The summed E-state index contributed by atoms with van der Waals surface area (Å²) in [4.78, 5) is 15.7. The van der Waals surface area contributed by atoms with Gasteiger partial charge in [0.1, 0.15) is 0 Å². The highest BCUT2D eigenvalue weighted by Gasteiger charge is 2.53. The SMILES string of the molecule is Cc1ccc(S(=O)(=O)N2CCC3(CC2)NC(C(C)C)C(=O)N3Cc2ccc3c(c2)OCO3)cc1. The molecule has 0 saturated carbocycles. The van der Waals surface area contributed by atoms with Crippen molar-refractivity contribution in [3.63, 3.8) is 0 Å². The molecule has 182 valence electrons. The molecule has 0 radical (unpaired) electrons. The van der Waals surface area contributed by atoms with Gasteiger partial charge in [0.05, 0.1) is 16.6 Å². The Hall–Kier alpha value is -2.62. The molecule has 1 spiro atoms. The Morgan fingerprint density at radius 3 is 2.41 bits per heavy atom. The maximum Gasteiger partial charge on any atom is 0.243 e. The lowest BCUT2D eigenvalue weighted by molar-refractivity contribution is -0.134. The first-order valence-corrected chi connectivity index (χ1v) is 13.2. The van der Waals surface area contributed by atoms with Gasteiger partial charge in [-0.25, -0.2) is 8.42 Å². The van der Waals surface area contributed by atoms with Crippen LogP contribution in [-0.2, 0) is 21.4 Å². The van der Waals surface area contributed by atoms with E-state index < -0.39 is 15.7 Å². The van der Waals surface area contributed by atoms with Crippen molar-refractivity contribution in [2.75, 3.05) is 19.9 Å². The molecule has 0 bridgehead atoms. The molecule has 1 atom stereocenters. The zero-order valence-corrected chi connectivity index (χ0v) is 20.6. The van der Waals surface area contributed by atoms with E-state index in [1.54, 1.807) is 12.1 Å². The molecule has 9 heteroatoms. The van der Waals surface area contributed by atoms with E-state index in [0.29, 0.717) is 48.9 Å². The van der Waals surface area contributed by atoms with Crippen molar-refractivity contribution in [2.45, 2.75) is 56.8 Å². The standard InChI is InChI=1S/C25H31N3O5S/c1-17(2)23-24(29)28(15-19-6-9-21-22(14-19)33-16-32-21)25(26-23)10-12-27(13-11-25)34(30,31)20-7-4-18(3)5-8-20/h4-9,14,17,23,26H,10-13,15-16H2,1-3H3. The van der Waals surface area contributed by atoms with Crippen LogP contribution in [0.15, 0.2) is 47.4 Å². The molecule has 1 unspecified atom stereocenters. The van der Waals surface area contributed by atoms with Crippen molar-refractivity contribution in [1.82, 2.24) is 14.5 Å². The number of hydrogen-bond acceptors (Lipinski definition) is 6. The molecule has 1 amide bonds. The minimum Gasteiger partial charge on any atom is -0.454 e. The van der Waals surface area contributed by atoms with E-state index >= 15 is 0 Å². The third kappa shape index (κ3) is 3.95. The van der Waals surface area contributed by atoms with E-state index in [-0.39, 0.29) is 24.7 Å². The van der Waals surface area contributed by atoms with Crippen LogP contribution in [0, 0.1) is 12.8 Å². The Morgan fingerprint density at radius 2 is 1.74 bits per heavy atom. The van der Waals surface area contributed by atoms with Crippen LogP contribution in [0.4, 0.5) is 0 Å². The van der Waals surface area contributed by atoms with E-state index in [1.165, 1.54) is 4.31 Å². The van der Waals surface area contributed by atoms with Gasteiger partial charge in [-0.2, -0.15) is 4.31 Å². The number of benzene rings is 2. The third-order valence-corrected chi connectivity index (χ3v) is 9.04. The maximum atomic E-state index is 13.5. The van der Waals surface area contributed by atoms with Gasteiger partial charge in [0, 0.05) is 19.6 Å². The lowest BCUT2D eigenvalue weighted by Gasteiger charge is -2.44. The molecule has 0 aliphatic carbocycles. The summed E-state index contributed by atoms with van der Waals surface area (Å²) in [6.45, 7) is 7.32. The van der Waals surface area contributed by atoms with Crippen LogP contribution in [0.5, 0.6) is 11.5 Å². The van der Waals surface area contributed by atoms with Crippen LogP contribution in [0.2, 0.25) is 0 Å². The first-order chi connectivity index (χ1) is 16.2. The highest BCUT2D eigenvalue weighted by Crippen LogP contribution is 2.38. The normalized spacial score (nSPS) is 22.2. The van der Waals surface area contributed by atoms with Crippen LogP contribution >= 0.6 is 0 Å². The van der Waals surface area contributed by atoms with Crippen LogP contribution in [0.25, 0.3) is 0 Å². The Labute approximate surface area is 200 Å². The summed E-state index contributed by atoms with van der Waals surface area (Å²) in [5, 5.41) is 3.60. The molecular weight excluding hydrogens is 454 g/mol. The number of amides is 1. The molecule has 2 fully saturated rings. The third-order valence-electron chi connectivity index (χ3n) is 7.13. The number of piperidine rings is 1. The zero-order chi connectivity index (χ0) is 24.1. The summed E-state index contributed by atoms with van der Waals surface area (Å²) in [5.41, 5.74) is 1.39. The molecule has 2 aromatic carbocycles.